The Morgan fingerprint density at radius 2 is 1.95 bits per heavy atom. The van der Waals surface area contributed by atoms with E-state index in [1.165, 1.54) is 5.56 Å². The Hall–Kier alpha value is -1.55. The molecular formula is C16H23NO3. The molecule has 1 saturated heterocycles. The van der Waals surface area contributed by atoms with Crippen LogP contribution in [0.3, 0.4) is 0 Å². The molecule has 2 rings (SSSR count). The normalized spacial score (nSPS) is 16.1. The summed E-state index contributed by atoms with van der Waals surface area (Å²) in [5.74, 6) is 1.17. The van der Waals surface area contributed by atoms with E-state index in [4.69, 9.17) is 9.47 Å². The molecule has 1 aromatic rings. The van der Waals surface area contributed by atoms with Gasteiger partial charge in [0.15, 0.2) is 6.61 Å². The van der Waals surface area contributed by atoms with Crippen molar-refractivity contribution < 1.29 is 14.3 Å². The molecular weight excluding hydrogens is 254 g/mol. The van der Waals surface area contributed by atoms with Crippen molar-refractivity contribution in [3.05, 3.63) is 29.8 Å². The zero-order valence-corrected chi connectivity index (χ0v) is 12.2. The number of rotatable bonds is 5. The average molecular weight is 277 g/mol. The summed E-state index contributed by atoms with van der Waals surface area (Å²) in [5.41, 5.74) is 1.27. The van der Waals surface area contributed by atoms with Crippen LogP contribution < -0.4 is 10.1 Å². The number of benzene rings is 1. The van der Waals surface area contributed by atoms with E-state index < -0.39 is 0 Å². The van der Waals surface area contributed by atoms with E-state index in [9.17, 15) is 4.79 Å². The molecule has 0 atom stereocenters. The van der Waals surface area contributed by atoms with Crippen LogP contribution in [0.5, 0.6) is 5.75 Å². The summed E-state index contributed by atoms with van der Waals surface area (Å²) in [5, 5.41) is 2.97. The lowest BCUT2D eigenvalue weighted by molar-refractivity contribution is -0.124. The van der Waals surface area contributed by atoms with Crippen LogP contribution in [0, 0.1) is 0 Å². The molecule has 0 saturated carbocycles. The Labute approximate surface area is 120 Å². The number of carbonyl (C=O) groups is 1. The Morgan fingerprint density at radius 1 is 1.30 bits per heavy atom. The lowest BCUT2D eigenvalue weighted by Crippen LogP contribution is -2.41. The molecule has 20 heavy (non-hydrogen) atoms. The molecule has 0 radical (unpaired) electrons. The van der Waals surface area contributed by atoms with Crippen LogP contribution in [-0.2, 0) is 9.53 Å². The van der Waals surface area contributed by atoms with Gasteiger partial charge >= 0.3 is 0 Å². The third-order valence-corrected chi connectivity index (χ3v) is 3.50. The second kappa shape index (κ2) is 7.29. The Balaban J connectivity index is 1.74. The minimum Gasteiger partial charge on any atom is -0.484 e. The predicted octanol–water partition coefficient (Wildman–Crippen LogP) is 2.48. The van der Waals surface area contributed by atoms with Crippen LogP contribution in [0.1, 0.15) is 38.2 Å². The van der Waals surface area contributed by atoms with E-state index in [0.717, 1.165) is 31.8 Å². The molecule has 110 valence electrons. The standard InChI is InChI=1S/C16H23NO3/c1-12(2)13-3-5-15(6-4-13)20-11-16(18)17-14-7-9-19-10-8-14/h3-6,12,14H,7-11H2,1-2H3,(H,17,18). The zero-order valence-electron chi connectivity index (χ0n) is 12.2. The summed E-state index contributed by atoms with van der Waals surface area (Å²) in [7, 11) is 0. The Kier molecular flexibility index (Phi) is 5.41. The van der Waals surface area contributed by atoms with Crippen molar-refractivity contribution in [2.24, 2.45) is 0 Å². The van der Waals surface area contributed by atoms with Crippen LogP contribution in [0.25, 0.3) is 0 Å². The molecule has 0 bridgehead atoms. The first kappa shape index (κ1) is 14.9. The van der Waals surface area contributed by atoms with Gasteiger partial charge in [-0.15, -0.1) is 0 Å². The third-order valence-electron chi connectivity index (χ3n) is 3.50. The molecule has 1 aromatic carbocycles. The summed E-state index contributed by atoms with van der Waals surface area (Å²) in [4.78, 5) is 11.8. The summed E-state index contributed by atoms with van der Waals surface area (Å²) in [6.45, 7) is 5.82. The molecule has 0 spiro atoms. The smallest absolute Gasteiger partial charge is 0.258 e. The van der Waals surface area contributed by atoms with Crippen molar-refractivity contribution in [3.8, 4) is 5.75 Å². The summed E-state index contributed by atoms with van der Waals surface area (Å²) >= 11 is 0. The highest BCUT2D eigenvalue weighted by Gasteiger charge is 2.16. The quantitative estimate of drug-likeness (QED) is 0.899. The fourth-order valence-electron chi connectivity index (χ4n) is 2.21. The Bertz CT molecular complexity index is 422. The minimum atomic E-state index is -0.0650. The molecule has 1 amide bonds. The minimum absolute atomic E-state index is 0.0650. The van der Waals surface area contributed by atoms with E-state index in [-0.39, 0.29) is 18.6 Å². The van der Waals surface area contributed by atoms with Crippen molar-refractivity contribution in [1.29, 1.82) is 0 Å². The highest BCUT2D eigenvalue weighted by Crippen LogP contribution is 2.18. The SMILES string of the molecule is CC(C)c1ccc(OCC(=O)NC2CCOCC2)cc1. The van der Waals surface area contributed by atoms with Gasteiger partial charge in [-0.25, -0.2) is 0 Å². The molecule has 0 aromatic heterocycles. The van der Waals surface area contributed by atoms with E-state index in [1.54, 1.807) is 0 Å². The molecule has 1 aliphatic heterocycles. The van der Waals surface area contributed by atoms with Gasteiger partial charge < -0.3 is 14.8 Å². The fourth-order valence-corrected chi connectivity index (χ4v) is 2.21. The number of carbonyl (C=O) groups excluding carboxylic acids is 1. The van der Waals surface area contributed by atoms with Crippen LogP contribution in [-0.4, -0.2) is 31.8 Å². The maximum atomic E-state index is 11.8. The lowest BCUT2D eigenvalue weighted by Gasteiger charge is -2.23. The van der Waals surface area contributed by atoms with Gasteiger partial charge in [-0.3, -0.25) is 4.79 Å². The molecule has 4 nitrogen and oxygen atoms in total. The van der Waals surface area contributed by atoms with E-state index in [1.807, 2.05) is 24.3 Å². The highest BCUT2D eigenvalue weighted by molar-refractivity contribution is 5.77. The number of nitrogens with one attached hydrogen (secondary N) is 1. The summed E-state index contributed by atoms with van der Waals surface area (Å²) < 4.78 is 10.8. The maximum absolute atomic E-state index is 11.8. The summed E-state index contributed by atoms with van der Waals surface area (Å²) in [6.07, 6.45) is 1.77. The second-order valence-corrected chi connectivity index (χ2v) is 5.47. The van der Waals surface area contributed by atoms with E-state index in [0.29, 0.717) is 5.92 Å². The van der Waals surface area contributed by atoms with E-state index in [2.05, 4.69) is 19.2 Å². The van der Waals surface area contributed by atoms with Crippen molar-refractivity contribution in [2.75, 3.05) is 19.8 Å². The van der Waals surface area contributed by atoms with Gasteiger partial charge in [0.1, 0.15) is 5.75 Å². The lowest BCUT2D eigenvalue weighted by atomic mass is 10.0. The van der Waals surface area contributed by atoms with Crippen molar-refractivity contribution >= 4 is 5.91 Å². The van der Waals surface area contributed by atoms with E-state index >= 15 is 0 Å². The first-order valence-corrected chi connectivity index (χ1v) is 7.25. The molecule has 1 heterocycles. The van der Waals surface area contributed by atoms with Gasteiger partial charge in [0, 0.05) is 19.3 Å². The van der Waals surface area contributed by atoms with Crippen LogP contribution in [0.2, 0.25) is 0 Å². The van der Waals surface area contributed by atoms with Gasteiger partial charge in [-0.2, -0.15) is 0 Å². The van der Waals surface area contributed by atoms with Crippen molar-refractivity contribution in [2.45, 2.75) is 38.6 Å². The number of ether oxygens (including phenoxy) is 2. The van der Waals surface area contributed by atoms with Crippen molar-refractivity contribution in [1.82, 2.24) is 5.32 Å². The highest BCUT2D eigenvalue weighted by atomic mass is 16.5. The van der Waals surface area contributed by atoms with Gasteiger partial charge in [0.2, 0.25) is 0 Å². The molecule has 0 unspecified atom stereocenters. The maximum Gasteiger partial charge on any atom is 0.258 e. The first-order chi connectivity index (χ1) is 9.65. The van der Waals surface area contributed by atoms with Gasteiger partial charge in [-0.1, -0.05) is 26.0 Å². The van der Waals surface area contributed by atoms with Crippen molar-refractivity contribution in [3.63, 3.8) is 0 Å². The van der Waals surface area contributed by atoms with Gasteiger partial charge in [0.05, 0.1) is 0 Å². The first-order valence-electron chi connectivity index (χ1n) is 7.25. The molecule has 1 fully saturated rings. The molecule has 4 heteroatoms. The summed E-state index contributed by atoms with van der Waals surface area (Å²) in [6, 6.07) is 8.13. The zero-order chi connectivity index (χ0) is 14.4. The fraction of sp³-hybridized carbons (Fsp3) is 0.562. The van der Waals surface area contributed by atoms with Crippen LogP contribution >= 0.6 is 0 Å². The molecule has 1 N–H and O–H groups in total. The number of hydrogen-bond donors (Lipinski definition) is 1. The Morgan fingerprint density at radius 3 is 2.55 bits per heavy atom. The average Bonchev–Trinajstić information content (AvgIpc) is 2.46. The van der Waals surface area contributed by atoms with Gasteiger partial charge in [-0.05, 0) is 36.5 Å². The molecule has 1 aliphatic rings. The second-order valence-electron chi connectivity index (χ2n) is 5.47. The predicted molar refractivity (Wildman–Crippen MR) is 78.0 cm³/mol. The monoisotopic (exact) mass is 277 g/mol. The van der Waals surface area contributed by atoms with Crippen LogP contribution in [0.15, 0.2) is 24.3 Å². The molecule has 0 aliphatic carbocycles. The van der Waals surface area contributed by atoms with Crippen LogP contribution in [0.4, 0.5) is 0 Å². The largest absolute Gasteiger partial charge is 0.484 e. The van der Waals surface area contributed by atoms with Gasteiger partial charge in [0.25, 0.3) is 5.91 Å². The third kappa shape index (κ3) is 4.53. The topological polar surface area (TPSA) is 47.6 Å². The number of hydrogen-bond acceptors (Lipinski definition) is 3. The number of amides is 1.